The van der Waals surface area contributed by atoms with E-state index in [4.69, 9.17) is 5.11 Å². The van der Waals surface area contributed by atoms with Gasteiger partial charge in [0.15, 0.2) is 0 Å². The largest absolute Gasteiger partial charge is 0.480 e. The van der Waals surface area contributed by atoms with Crippen LogP contribution in [0.4, 0.5) is 4.79 Å². The van der Waals surface area contributed by atoms with Crippen LogP contribution in [0.15, 0.2) is 0 Å². The first-order valence-corrected chi connectivity index (χ1v) is 6.31. The van der Waals surface area contributed by atoms with Crippen molar-refractivity contribution < 1.29 is 14.7 Å². The van der Waals surface area contributed by atoms with Gasteiger partial charge in [-0.25, -0.2) is 9.59 Å². The number of urea groups is 1. The zero-order valence-electron chi connectivity index (χ0n) is 11.0. The Hall–Kier alpha value is -1.26. The maximum Gasteiger partial charge on any atom is 0.326 e. The van der Waals surface area contributed by atoms with Gasteiger partial charge in [0, 0.05) is 6.04 Å². The number of hydrogen-bond acceptors (Lipinski definition) is 2. The van der Waals surface area contributed by atoms with Gasteiger partial charge in [-0.05, 0) is 19.8 Å². The summed E-state index contributed by atoms with van der Waals surface area (Å²) in [6.45, 7) is 5.94. The third kappa shape index (κ3) is 7.60. The van der Waals surface area contributed by atoms with E-state index in [1.807, 2.05) is 20.8 Å². The second kappa shape index (κ2) is 8.84. The standard InChI is InChI=1S/C12H24N2O3/c1-4-6-8-10(11(15)16)14-12(17)13-9(3)7-5-2/h9-10H,4-8H2,1-3H3,(H,15,16)(H2,13,14,17). The van der Waals surface area contributed by atoms with E-state index in [1.165, 1.54) is 0 Å². The molecule has 2 unspecified atom stereocenters. The average molecular weight is 244 g/mol. The first-order chi connectivity index (χ1) is 8.01. The van der Waals surface area contributed by atoms with Crippen molar-refractivity contribution in [3.63, 3.8) is 0 Å². The molecule has 0 radical (unpaired) electrons. The van der Waals surface area contributed by atoms with Gasteiger partial charge < -0.3 is 15.7 Å². The van der Waals surface area contributed by atoms with Crippen LogP contribution in [0.3, 0.4) is 0 Å². The smallest absolute Gasteiger partial charge is 0.326 e. The second-order valence-electron chi connectivity index (χ2n) is 4.34. The number of carboxylic acid groups (broad SMARTS) is 1. The molecule has 5 heteroatoms. The monoisotopic (exact) mass is 244 g/mol. The highest BCUT2D eigenvalue weighted by Gasteiger charge is 2.19. The first kappa shape index (κ1) is 15.7. The molecule has 0 aromatic carbocycles. The van der Waals surface area contributed by atoms with E-state index in [9.17, 15) is 9.59 Å². The fraction of sp³-hybridized carbons (Fsp3) is 0.833. The maximum atomic E-state index is 11.5. The van der Waals surface area contributed by atoms with Gasteiger partial charge in [0.2, 0.25) is 0 Å². The van der Waals surface area contributed by atoms with Crippen LogP contribution in [-0.4, -0.2) is 29.2 Å². The van der Waals surface area contributed by atoms with Crippen molar-refractivity contribution in [3.05, 3.63) is 0 Å². The Bertz CT molecular complexity index is 244. The Balaban J connectivity index is 4.07. The molecular formula is C12H24N2O3. The zero-order valence-corrected chi connectivity index (χ0v) is 11.0. The van der Waals surface area contributed by atoms with E-state index >= 15 is 0 Å². The lowest BCUT2D eigenvalue weighted by Gasteiger charge is -2.17. The van der Waals surface area contributed by atoms with E-state index in [0.717, 1.165) is 25.7 Å². The van der Waals surface area contributed by atoms with Crippen LogP contribution in [0.2, 0.25) is 0 Å². The number of amides is 2. The summed E-state index contributed by atoms with van der Waals surface area (Å²) in [6.07, 6.45) is 4.06. The van der Waals surface area contributed by atoms with Crippen molar-refractivity contribution in [1.82, 2.24) is 10.6 Å². The zero-order chi connectivity index (χ0) is 13.3. The lowest BCUT2D eigenvalue weighted by Crippen LogP contribution is -2.48. The number of rotatable bonds is 8. The van der Waals surface area contributed by atoms with Crippen LogP contribution in [0.25, 0.3) is 0 Å². The molecule has 0 heterocycles. The van der Waals surface area contributed by atoms with Crippen LogP contribution < -0.4 is 10.6 Å². The first-order valence-electron chi connectivity index (χ1n) is 6.31. The molecule has 0 fully saturated rings. The molecule has 0 aromatic heterocycles. The van der Waals surface area contributed by atoms with Gasteiger partial charge >= 0.3 is 12.0 Å². The van der Waals surface area contributed by atoms with Crippen LogP contribution in [0.1, 0.15) is 52.9 Å². The summed E-state index contributed by atoms with van der Waals surface area (Å²) in [5.74, 6) is -0.975. The highest BCUT2D eigenvalue weighted by atomic mass is 16.4. The van der Waals surface area contributed by atoms with Crippen LogP contribution in [-0.2, 0) is 4.79 Å². The average Bonchev–Trinajstić information content (AvgIpc) is 2.23. The summed E-state index contributed by atoms with van der Waals surface area (Å²) < 4.78 is 0. The number of carbonyl (C=O) groups excluding carboxylic acids is 1. The molecule has 100 valence electrons. The normalized spacial score (nSPS) is 13.8. The number of aliphatic carboxylic acids is 1. The third-order valence-electron chi connectivity index (χ3n) is 2.55. The minimum atomic E-state index is -0.975. The SMILES string of the molecule is CCCCC(NC(=O)NC(C)CCC)C(=O)O. The molecule has 0 aliphatic carbocycles. The van der Waals surface area contributed by atoms with Gasteiger partial charge in [0.25, 0.3) is 0 Å². The Morgan fingerprint density at radius 2 is 1.76 bits per heavy atom. The Morgan fingerprint density at radius 3 is 2.24 bits per heavy atom. The second-order valence-corrected chi connectivity index (χ2v) is 4.34. The lowest BCUT2D eigenvalue weighted by atomic mass is 10.1. The fourth-order valence-electron chi connectivity index (χ4n) is 1.59. The van der Waals surface area contributed by atoms with Gasteiger partial charge in [-0.1, -0.05) is 33.1 Å². The highest BCUT2D eigenvalue weighted by Crippen LogP contribution is 2.01. The molecule has 0 spiro atoms. The summed E-state index contributed by atoms with van der Waals surface area (Å²) in [5, 5.41) is 14.2. The van der Waals surface area contributed by atoms with Gasteiger partial charge in [-0.2, -0.15) is 0 Å². The van der Waals surface area contributed by atoms with Crippen molar-refractivity contribution in [2.24, 2.45) is 0 Å². The van der Waals surface area contributed by atoms with Gasteiger partial charge in [0.1, 0.15) is 6.04 Å². The lowest BCUT2D eigenvalue weighted by molar-refractivity contribution is -0.139. The Kier molecular flexibility index (Phi) is 8.19. The third-order valence-corrected chi connectivity index (χ3v) is 2.55. The van der Waals surface area contributed by atoms with Crippen molar-refractivity contribution in [2.75, 3.05) is 0 Å². The van der Waals surface area contributed by atoms with Crippen LogP contribution in [0, 0.1) is 0 Å². The predicted octanol–water partition coefficient (Wildman–Crippen LogP) is 2.12. The number of carbonyl (C=O) groups is 2. The fourth-order valence-corrected chi connectivity index (χ4v) is 1.59. The molecule has 2 amide bonds. The van der Waals surface area contributed by atoms with E-state index < -0.39 is 18.0 Å². The van der Waals surface area contributed by atoms with Gasteiger partial charge in [-0.3, -0.25) is 0 Å². The molecule has 0 rings (SSSR count). The Labute approximate surface area is 103 Å². The molecule has 3 N–H and O–H groups in total. The van der Waals surface area contributed by atoms with E-state index in [-0.39, 0.29) is 6.04 Å². The minimum Gasteiger partial charge on any atom is -0.480 e. The van der Waals surface area contributed by atoms with Crippen molar-refractivity contribution in [3.8, 4) is 0 Å². The van der Waals surface area contributed by atoms with Crippen LogP contribution >= 0.6 is 0 Å². The number of nitrogens with one attached hydrogen (secondary N) is 2. The van der Waals surface area contributed by atoms with Crippen LogP contribution in [0.5, 0.6) is 0 Å². The summed E-state index contributed by atoms with van der Waals surface area (Å²) >= 11 is 0. The van der Waals surface area contributed by atoms with Crippen molar-refractivity contribution in [1.29, 1.82) is 0 Å². The Morgan fingerprint density at radius 1 is 1.12 bits per heavy atom. The number of unbranched alkanes of at least 4 members (excludes halogenated alkanes) is 1. The number of hydrogen-bond donors (Lipinski definition) is 3. The van der Waals surface area contributed by atoms with E-state index in [2.05, 4.69) is 10.6 Å². The molecule has 17 heavy (non-hydrogen) atoms. The summed E-state index contributed by atoms with van der Waals surface area (Å²) in [5.41, 5.74) is 0. The van der Waals surface area contributed by atoms with Crippen molar-refractivity contribution in [2.45, 2.75) is 65.0 Å². The van der Waals surface area contributed by atoms with E-state index in [0.29, 0.717) is 6.42 Å². The molecule has 0 saturated carbocycles. The van der Waals surface area contributed by atoms with Crippen molar-refractivity contribution >= 4 is 12.0 Å². The number of carboxylic acids is 1. The topological polar surface area (TPSA) is 78.4 Å². The van der Waals surface area contributed by atoms with E-state index in [1.54, 1.807) is 0 Å². The molecule has 2 atom stereocenters. The molecule has 0 bridgehead atoms. The molecule has 0 aliphatic heterocycles. The summed E-state index contributed by atoms with van der Waals surface area (Å²) in [7, 11) is 0. The molecule has 0 saturated heterocycles. The highest BCUT2D eigenvalue weighted by molar-refractivity contribution is 5.82. The molecule has 5 nitrogen and oxygen atoms in total. The quantitative estimate of drug-likeness (QED) is 0.612. The summed E-state index contributed by atoms with van der Waals surface area (Å²) in [4.78, 5) is 22.4. The summed E-state index contributed by atoms with van der Waals surface area (Å²) in [6, 6.07) is -1.11. The maximum absolute atomic E-state index is 11.5. The molecule has 0 aromatic rings. The minimum absolute atomic E-state index is 0.0700. The van der Waals surface area contributed by atoms with Gasteiger partial charge in [0.05, 0.1) is 0 Å². The molecule has 0 aliphatic rings. The van der Waals surface area contributed by atoms with Gasteiger partial charge in [-0.15, -0.1) is 0 Å². The molecular weight excluding hydrogens is 220 g/mol. The predicted molar refractivity (Wildman–Crippen MR) is 67.0 cm³/mol.